The normalized spacial score (nSPS) is 22.7. The summed E-state index contributed by atoms with van der Waals surface area (Å²) in [6.45, 7) is 4.00. The number of anilines is 1. The summed E-state index contributed by atoms with van der Waals surface area (Å²) >= 11 is 0. The van der Waals surface area contributed by atoms with Crippen molar-refractivity contribution in [3.63, 3.8) is 0 Å². The van der Waals surface area contributed by atoms with Gasteiger partial charge in [-0.25, -0.2) is 9.37 Å². The van der Waals surface area contributed by atoms with Crippen LogP contribution in [0.3, 0.4) is 0 Å². The molecule has 1 saturated heterocycles. The first-order chi connectivity index (χ1) is 12.5. The van der Waals surface area contributed by atoms with Crippen molar-refractivity contribution in [2.75, 3.05) is 11.9 Å². The van der Waals surface area contributed by atoms with Crippen LogP contribution in [0, 0.1) is 12.7 Å². The number of benzene rings is 2. The highest BCUT2D eigenvalue weighted by atomic mass is 19.1. The molecule has 0 aliphatic carbocycles. The highest BCUT2D eigenvalue weighted by Gasteiger charge is 2.47. The second kappa shape index (κ2) is 6.21. The minimum absolute atomic E-state index is 0.0353. The number of aromatic nitrogens is 2. The van der Waals surface area contributed by atoms with Gasteiger partial charge in [-0.2, -0.15) is 0 Å². The number of fused-ring (bicyclic) bond motifs is 1. The van der Waals surface area contributed by atoms with Crippen molar-refractivity contribution in [1.82, 2.24) is 15.3 Å². The zero-order valence-electron chi connectivity index (χ0n) is 14.8. The summed E-state index contributed by atoms with van der Waals surface area (Å²) in [5.41, 5.74) is 2.53. The Morgan fingerprint density at radius 1 is 1.31 bits per heavy atom. The Labute approximate surface area is 151 Å². The number of nitrogens with one attached hydrogen (secondary N) is 3. The number of carbonyl (C=O) groups excluding carboxylic acids is 1. The van der Waals surface area contributed by atoms with Crippen LogP contribution in [0.1, 0.15) is 24.5 Å². The van der Waals surface area contributed by atoms with Crippen LogP contribution in [0.4, 0.5) is 10.3 Å². The summed E-state index contributed by atoms with van der Waals surface area (Å²) in [5, 5.41) is 6.75. The van der Waals surface area contributed by atoms with Gasteiger partial charge in [0.2, 0.25) is 5.95 Å². The number of hydrogen-bond acceptors (Lipinski definition) is 4. The number of hydrogen-bond donors (Lipinski definition) is 3. The summed E-state index contributed by atoms with van der Waals surface area (Å²) < 4.78 is 13.8. The summed E-state index contributed by atoms with van der Waals surface area (Å²) in [7, 11) is 0. The van der Waals surface area contributed by atoms with E-state index in [9.17, 15) is 9.18 Å². The average Bonchev–Trinajstić information content (AvgIpc) is 3.21. The van der Waals surface area contributed by atoms with Gasteiger partial charge in [0.25, 0.3) is 0 Å². The Balaban J connectivity index is 1.82. The predicted octanol–water partition coefficient (Wildman–Crippen LogP) is 3.27. The quantitative estimate of drug-likeness (QED) is 0.674. The summed E-state index contributed by atoms with van der Waals surface area (Å²) in [6.07, 6.45) is 0.694. The van der Waals surface area contributed by atoms with E-state index in [4.69, 9.17) is 0 Å². The van der Waals surface area contributed by atoms with Gasteiger partial charge in [-0.05, 0) is 56.1 Å². The molecule has 3 N–H and O–H groups in total. The second-order valence-corrected chi connectivity index (χ2v) is 6.91. The molecule has 2 aromatic carbocycles. The molecule has 2 heterocycles. The number of nitrogens with zero attached hydrogens (tertiary/aromatic N) is 1. The molecule has 1 fully saturated rings. The van der Waals surface area contributed by atoms with Crippen molar-refractivity contribution >= 4 is 22.8 Å². The van der Waals surface area contributed by atoms with Crippen LogP contribution in [-0.4, -0.2) is 28.3 Å². The van der Waals surface area contributed by atoms with E-state index in [1.165, 1.54) is 6.07 Å². The van der Waals surface area contributed by atoms with Crippen LogP contribution < -0.4 is 10.6 Å². The molecule has 0 bridgehead atoms. The van der Waals surface area contributed by atoms with E-state index in [2.05, 4.69) is 20.6 Å². The number of aromatic amines is 1. The fraction of sp³-hybridized carbons (Fsp3) is 0.300. The van der Waals surface area contributed by atoms with Gasteiger partial charge >= 0.3 is 0 Å². The molecular formula is C20H21FN4O. The van der Waals surface area contributed by atoms with Crippen LogP contribution in [0.25, 0.3) is 11.0 Å². The molecule has 134 valence electrons. The van der Waals surface area contributed by atoms with E-state index >= 15 is 0 Å². The maximum Gasteiger partial charge on any atom is 0.201 e. The number of imidazole rings is 1. The standard InChI is InChI=1S/C20H21FN4O/c1-12-11-14(7-8-15(12)21)20(9-10-22-18(20)13(2)26)25-19-23-16-5-3-4-6-17(16)24-19/h3-8,11,18,22H,9-10H2,1-2H3,(H2,23,24,25)/t18-,20?/m1/s1. The van der Waals surface area contributed by atoms with Gasteiger partial charge in [-0.15, -0.1) is 0 Å². The van der Waals surface area contributed by atoms with Gasteiger partial charge in [0.15, 0.2) is 0 Å². The molecule has 4 rings (SSSR count). The lowest BCUT2D eigenvalue weighted by Gasteiger charge is -2.35. The van der Waals surface area contributed by atoms with Crippen molar-refractivity contribution < 1.29 is 9.18 Å². The molecular weight excluding hydrogens is 331 g/mol. The molecule has 1 aliphatic heterocycles. The number of ketones is 1. The number of para-hydroxylation sites is 2. The third kappa shape index (κ3) is 2.66. The molecule has 5 nitrogen and oxygen atoms in total. The zero-order chi connectivity index (χ0) is 18.3. The van der Waals surface area contributed by atoms with Crippen molar-refractivity contribution in [3.05, 3.63) is 59.4 Å². The molecule has 0 amide bonds. The first-order valence-corrected chi connectivity index (χ1v) is 8.73. The number of Topliss-reactive ketones (excluding diaryl/α,β-unsaturated/α-hetero) is 1. The second-order valence-electron chi connectivity index (χ2n) is 6.91. The summed E-state index contributed by atoms with van der Waals surface area (Å²) in [6, 6.07) is 12.4. The van der Waals surface area contributed by atoms with E-state index < -0.39 is 11.6 Å². The maximum atomic E-state index is 13.8. The van der Waals surface area contributed by atoms with E-state index in [1.807, 2.05) is 30.3 Å². The number of carbonyl (C=O) groups is 1. The zero-order valence-corrected chi connectivity index (χ0v) is 14.8. The number of H-pyrrole nitrogens is 1. The molecule has 1 aliphatic rings. The van der Waals surface area contributed by atoms with Crippen molar-refractivity contribution in [3.8, 4) is 0 Å². The topological polar surface area (TPSA) is 69.8 Å². The Hall–Kier alpha value is -2.73. The minimum atomic E-state index is -0.682. The van der Waals surface area contributed by atoms with Crippen molar-refractivity contribution in [2.45, 2.75) is 31.8 Å². The van der Waals surface area contributed by atoms with E-state index in [0.717, 1.165) is 16.6 Å². The lowest BCUT2D eigenvalue weighted by molar-refractivity contribution is -0.119. The van der Waals surface area contributed by atoms with E-state index in [0.29, 0.717) is 24.5 Å². The fourth-order valence-electron chi connectivity index (χ4n) is 3.89. The molecule has 2 atom stereocenters. The monoisotopic (exact) mass is 352 g/mol. The first kappa shape index (κ1) is 16.7. The molecule has 1 aromatic heterocycles. The van der Waals surface area contributed by atoms with Crippen molar-refractivity contribution in [1.29, 1.82) is 0 Å². The van der Waals surface area contributed by atoms with Gasteiger partial charge < -0.3 is 15.6 Å². The molecule has 6 heteroatoms. The van der Waals surface area contributed by atoms with Gasteiger partial charge in [0.1, 0.15) is 11.6 Å². The molecule has 0 saturated carbocycles. The van der Waals surface area contributed by atoms with E-state index in [1.54, 1.807) is 19.9 Å². The number of rotatable bonds is 4. The maximum absolute atomic E-state index is 13.8. The van der Waals surface area contributed by atoms with Gasteiger partial charge in [0, 0.05) is 0 Å². The lowest BCUT2D eigenvalue weighted by Crippen LogP contribution is -2.50. The molecule has 0 radical (unpaired) electrons. The fourth-order valence-corrected chi connectivity index (χ4v) is 3.89. The lowest BCUT2D eigenvalue weighted by atomic mass is 9.80. The average molecular weight is 352 g/mol. The molecule has 1 unspecified atom stereocenters. The van der Waals surface area contributed by atoms with E-state index in [-0.39, 0.29) is 11.6 Å². The van der Waals surface area contributed by atoms with Crippen LogP contribution in [0.2, 0.25) is 0 Å². The van der Waals surface area contributed by atoms with Crippen LogP contribution in [0.15, 0.2) is 42.5 Å². The third-order valence-corrected chi connectivity index (χ3v) is 5.17. The van der Waals surface area contributed by atoms with Gasteiger partial charge in [-0.3, -0.25) is 4.79 Å². The van der Waals surface area contributed by atoms with Crippen molar-refractivity contribution in [2.24, 2.45) is 0 Å². The SMILES string of the molecule is CC(=O)[C@H]1NCCC1(Nc1nc2ccccc2[nH]1)c1ccc(F)c(C)c1. The number of halogens is 1. The highest BCUT2D eigenvalue weighted by molar-refractivity contribution is 5.85. The Bertz CT molecular complexity index is 950. The Morgan fingerprint density at radius 3 is 2.85 bits per heavy atom. The van der Waals surface area contributed by atoms with Crippen LogP contribution in [0.5, 0.6) is 0 Å². The summed E-state index contributed by atoms with van der Waals surface area (Å²) in [4.78, 5) is 20.2. The van der Waals surface area contributed by atoms with Crippen LogP contribution >= 0.6 is 0 Å². The molecule has 3 aromatic rings. The third-order valence-electron chi connectivity index (χ3n) is 5.17. The minimum Gasteiger partial charge on any atom is -0.344 e. The van der Waals surface area contributed by atoms with Gasteiger partial charge in [0.05, 0.1) is 22.6 Å². The summed E-state index contributed by atoms with van der Waals surface area (Å²) in [5.74, 6) is 0.384. The number of aryl methyl sites for hydroxylation is 1. The largest absolute Gasteiger partial charge is 0.344 e. The Morgan fingerprint density at radius 2 is 2.12 bits per heavy atom. The molecule has 26 heavy (non-hydrogen) atoms. The molecule has 0 spiro atoms. The predicted molar refractivity (Wildman–Crippen MR) is 99.6 cm³/mol. The van der Waals surface area contributed by atoms with Crippen LogP contribution in [-0.2, 0) is 10.3 Å². The Kier molecular flexibility index (Phi) is 4.00. The smallest absolute Gasteiger partial charge is 0.201 e. The highest BCUT2D eigenvalue weighted by Crippen LogP contribution is 2.37. The first-order valence-electron chi connectivity index (χ1n) is 8.73. The van der Waals surface area contributed by atoms with Gasteiger partial charge in [-0.1, -0.05) is 24.3 Å².